The van der Waals surface area contributed by atoms with E-state index >= 15 is 0 Å². The molecule has 21 heavy (non-hydrogen) atoms. The number of pyridine rings is 1. The van der Waals surface area contributed by atoms with Gasteiger partial charge in [-0.2, -0.15) is 5.26 Å². The summed E-state index contributed by atoms with van der Waals surface area (Å²) in [6.45, 7) is 0. The summed E-state index contributed by atoms with van der Waals surface area (Å²) >= 11 is 0. The third-order valence-corrected chi connectivity index (χ3v) is 2.50. The molecule has 0 saturated carbocycles. The van der Waals surface area contributed by atoms with Crippen molar-refractivity contribution >= 4 is 17.4 Å². The second-order valence-corrected chi connectivity index (χ2v) is 3.99. The first-order chi connectivity index (χ1) is 10.2. The van der Waals surface area contributed by atoms with Crippen molar-refractivity contribution in [2.75, 3.05) is 10.6 Å². The third kappa shape index (κ3) is 4.14. The van der Waals surface area contributed by atoms with Crippen molar-refractivity contribution in [1.29, 1.82) is 5.26 Å². The number of hydrogen-bond acceptors (Lipinski definition) is 4. The summed E-state index contributed by atoms with van der Waals surface area (Å²) in [5.74, 6) is -0.478. The van der Waals surface area contributed by atoms with Crippen LogP contribution in [0, 0.1) is 17.1 Å². The van der Waals surface area contributed by atoms with Crippen LogP contribution in [0.2, 0.25) is 0 Å². The van der Waals surface area contributed by atoms with Crippen molar-refractivity contribution < 1.29 is 9.18 Å². The van der Waals surface area contributed by atoms with Crippen molar-refractivity contribution in [1.82, 2.24) is 4.98 Å². The lowest BCUT2D eigenvalue weighted by atomic mass is 10.2. The predicted molar refractivity (Wildman–Crippen MR) is 76.6 cm³/mol. The molecule has 104 valence electrons. The second kappa shape index (κ2) is 6.82. The van der Waals surface area contributed by atoms with Crippen molar-refractivity contribution in [2.24, 2.45) is 0 Å². The molecule has 0 unspecified atom stereocenters. The van der Waals surface area contributed by atoms with Crippen LogP contribution in [0.1, 0.15) is 0 Å². The average Bonchev–Trinajstić information content (AvgIpc) is 2.51. The van der Waals surface area contributed by atoms with Crippen LogP contribution < -0.4 is 10.6 Å². The van der Waals surface area contributed by atoms with Gasteiger partial charge < -0.3 is 10.6 Å². The lowest BCUT2D eigenvalue weighted by molar-refractivity contribution is -0.112. The zero-order valence-corrected chi connectivity index (χ0v) is 10.9. The number of nitrogens with one attached hydrogen (secondary N) is 2. The number of halogens is 1. The summed E-state index contributed by atoms with van der Waals surface area (Å²) in [5, 5.41) is 14.3. The van der Waals surface area contributed by atoms with Crippen LogP contribution in [-0.4, -0.2) is 10.9 Å². The largest absolute Gasteiger partial charge is 0.345 e. The van der Waals surface area contributed by atoms with Gasteiger partial charge in [-0.05, 0) is 36.4 Å². The molecular weight excluding hydrogens is 271 g/mol. The molecule has 5 nitrogen and oxygen atoms in total. The van der Waals surface area contributed by atoms with E-state index < -0.39 is 11.7 Å². The maximum atomic E-state index is 12.8. The summed E-state index contributed by atoms with van der Waals surface area (Å²) < 4.78 is 12.8. The van der Waals surface area contributed by atoms with Gasteiger partial charge in [0.1, 0.15) is 23.3 Å². The van der Waals surface area contributed by atoms with Crippen molar-refractivity contribution in [3.8, 4) is 6.07 Å². The summed E-state index contributed by atoms with van der Waals surface area (Å²) in [6.07, 6.45) is 2.85. The average molecular weight is 282 g/mol. The number of hydrogen-bond donors (Lipinski definition) is 2. The molecule has 1 heterocycles. The molecule has 0 aliphatic rings. The highest BCUT2D eigenvalue weighted by molar-refractivity contribution is 6.06. The van der Waals surface area contributed by atoms with E-state index in [4.69, 9.17) is 5.26 Å². The van der Waals surface area contributed by atoms with Gasteiger partial charge in [0.25, 0.3) is 5.91 Å². The van der Waals surface area contributed by atoms with Gasteiger partial charge in [-0.3, -0.25) is 4.79 Å². The lowest BCUT2D eigenvalue weighted by Gasteiger charge is -2.04. The Kier molecular flexibility index (Phi) is 4.62. The Morgan fingerprint density at radius 2 is 2.00 bits per heavy atom. The summed E-state index contributed by atoms with van der Waals surface area (Å²) in [4.78, 5) is 15.9. The lowest BCUT2D eigenvalue weighted by Crippen LogP contribution is -2.14. The van der Waals surface area contributed by atoms with E-state index in [1.54, 1.807) is 30.5 Å². The van der Waals surface area contributed by atoms with E-state index in [1.807, 2.05) is 0 Å². The van der Waals surface area contributed by atoms with Crippen LogP contribution in [0.5, 0.6) is 0 Å². The number of nitrogens with zero attached hydrogens (tertiary/aromatic N) is 2. The molecular formula is C15H11FN4O. The Morgan fingerprint density at radius 3 is 2.62 bits per heavy atom. The first-order valence-corrected chi connectivity index (χ1v) is 6.04. The molecule has 6 heteroatoms. The molecule has 0 atom stereocenters. The van der Waals surface area contributed by atoms with Gasteiger partial charge in [0, 0.05) is 18.1 Å². The van der Waals surface area contributed by atoms with Gasteiger partial charge in [-0.15, -0.1) is 0 Å². The maximum Gasteiger partial charge on any atom is 0.267 e. The molecule has 1 aromatic heterocycles. The smallest absolute Gasteiger partial charge is 0.267 e. The zero-order chi connectivity index (χ0) is 15.1. The van der Waals surface area contributed by atoms with Gasteiger partial charge >= 0.3 is 0 Å². The minimum absolute atomic E-state index is 0.120. The van der Waals surface area contributed by atoms with E-state index in [0.717, 1.165) is 0 Å². The van der Waals surface area contributed by atoms with E-state index in [9.17, 15) is 9.18 Å². The number of rotatable bonds is 4. The van der Waals surface area contributed by atoms with E-state index in [0.29, 0.717) is 11.5 Å². The first kappa shape index (κ1) is 14.2. The Hall–Kier alpha value is -3.20. The monoisotopic (exact) mass is 282 g/mol. The minimum atomic E-state index is -0.590. The molecule has 0 spiro atoms. The fourth-order valence-corrected chi connectivity index (χ4v) is 1.47. The van der Waals surface area contributed by atoms with Crippen molar-refractivity contribution in [3.63, 3.8) is 0 Å². The molecule has 2 rings (SSSR count). The Labute approximate surface area is 120 Å². The van der Waals surface area contributed by atoms with Gasteiger partial charge in [-0.1, -0.05) is 6.07 Å². The molecule has 1 aromatic carbocycles. The molecule has 0 radical (unpaired) electrons. The molecule has 0 bridgehead atoms. The SMILES string of the molecule is N#C/C(=C/Nc1ccccn1)C(=O)Nc1ccc(F)cc1. The van der Waals surface area contributed by atoms with Crippen LogP contribution in [-0.2, 0) is 4.79 Å². The number of nitriles is 1. The summed E-state index contributed by atoms with van der Waals surface area (Å²) in [7, 11) is 0. The van der Waals surface area contributed by atoms with Crippen LogP contribution in [0.15, 0.2) is 60.4 Å². The topological polar surface area (TPSA) is 77.8 Å². The fourth-order valence-electron chi connectivity index (χ4n) is 1.47. The van der Waals surface area contributed by atoms with Crippen LogP contribution in [0.4, 0.5) is 15.9 Å². The molecule has 0 aliphatic carbocycles. The molecule has 1 amide bonds. The van der Waals surface area contributed by atoms with Gasteiger partial charge in [0.2, 0.25) is 0 Å². The number of benzene rings is 1. The Balaban J connectivity index is 2.05. The Morgan fingerprint density at radius 1 is 1.24 bits per heavy atom. The number of anilines is 2. The van der Waals surface area contributed by atoms with Gasteiger partial charge in [0.15, 0.2) is 0 Å². The highest BCUT2D eigenvalue weighted by Crippen LogP contribution is 2.10. The fraction of sp³-hybridized carbons (Fsp3) is 0. The number of carbonyl (C=O) groups is 1. The maximum absolute atomic E-state index is 12.8. The quantitative estimate of drug-likeness (QED) is 0.667. The number of aromatic nitrogens is 1. The van der Waals surface area contributed by atoms with E-state index in [-0.39, 0.29) is 5.57 Å². The van der Waals surface area contributed by atoms with Crippen LogP contribution in [0.3, 0.4) is 0 Å². The highest BCUT2D eigenvalue weighted by Gasteiger charge is 2.09. The molecule has 0 fully saturated rings. The second-order valence-electron chi connectivity index (χ2n) is 3.99. The zero-order valence-electron chi connectivity index (χ0n) is 10.9. The van der Waals surface area contributed by atoms with Crippen LogP contribution in [0.25, 0.3) is 0 Å². The molecule has 2 aromatic rings. The Bertz CT molecular complexity index is 690. The molecule has 0 saturated heterocycles. The summed E-state index contributed by atoms with van der Waals surface area (Å²) in [6, 6.07) is 12.3. The first-order valence-electron chi connectivity index (χ1n) is 6.04. The van der Waals surface area contributed by atoms with Gasteiger partial charge in [-0.25, -0.2) is 9.37 Å². The van der Waals surface area contributed by atoms with E-state index in [1.165, 1.54) is 30.5 Å². The molecule has 0 aliphatic heterocycles. The highest BCUT2D eigenvalue weighted by atomic mass is 19.1. The molecule has 2 N–H and O–H groups in total. The van der Waals surface area contributed by atoms with E-state index in [2.05, 4.69) is 15.6 Å². The van der Waals surface area contributed by atoms with Crippen molar-refractivity contribution in [2.45, 2.75) is 0 Å². The number of carbonyl (C=O) groups excluding carboxylic acids is 1. The predicted octanol–water partition coefficient (Wildman–Crippen LogP) is 2.68. The van der Waals surface area contributed by atoms with Crippen LogP contribution >= 0.6 is 0 Å². The number of amides is 1. The minimum Gasteiger partial charge on any atom is -0.345 e. The third-order valence-electron chi connectivity index (χ3n) is 2.50. The standard InChI is InChI=1S/C15H11FN4O/c16-12-4-6-13(7-5-12)20-15(21)11(9-17)10-19-14-3-1-2-8-18-14/h1-8,10H,(H,18,19)(H,20,21)/b11-10-. The van der Waals surface area contributed by atoms with Crippen molar-refractivity contribution in [3.05, 3.63) is 66.3 Å². The summed E-state index contributed by atoms with van der Waals surface area (Å²) in [5.41, 5.74) is 0.283. The van der Waals surface area contributed by atoms with Gasteiger partial charge in [0.05, 0.1) is 0 Å². The normalized spacial score (nSPS) is 10.6.